The summed E-state index contributed by atoms with van der Waals surface area (Å²) in [7, 11) is 2.66. The molecule has 0 unspecified atom stereocenters. The number of nitrogens with one attached hydrogen (secondary N) is 2. The van der Waals surface area contributed by atoms with Gasteiger partial charge in [0.1, 0.15) is 11.4 Å². The Kier molecular flexibility index (Phi) is 6.38. The minimum absolute atomic E-state index is 0.0306. The van der Waals surface area contributed by atoms with Gasteiger partial charge in [0, 0.05) is 18.3 Å². The van der Waals surface area contributed by atoms with Crippen molar-refractivity contribution in [3.63, 3.8) is 0 Å². The Morgan fingerprint density at radius 2 is 2.07 bits per heavy atom. The Morgan fingerprint density at radius 3 is 2.70 bits per heavy atom. The molecule has 1 aromatic heterocycles. The van der Waals surface area contributed by atoms with Crippen LogP contribution in [0.2, 0.25) is 0 Å². The van der Waals surface area contributed by atoms with Crippen LogP contribution in [0.15, 0.2) is 52.3 Å². The lowest BCUT2D eigenvalue weighted by molar-refractivity contribution is -0.136. The lowest BCUT2D eigenvalue weighted by Crippen LogP contribution is -2.31. The second-order valence-electron chi connectivity index (χ2n) is 6.27. The van der Waals surface area contributed by atoms with Crippen LogP contribution in [-0.2, 0) is 14.3 Å². The molecule has 0 fully saturated rings. The van der Waals surface area contributed by atoms with Crippen LogP contribution in [0.25, 0.3) is 0 Å². The fraction of sp³-hybridized carbons (Fsp3) is 0.250. The van der Waals surface area contributed by atoms with Crippen LogP contribution < -0.4 is 15.4 Å². The van der Waals surface area contributed by atoms with E-state index in [0.717, 1.165) is 0 Å². The number of carbonyl (C=O) groups excluding carboxylic acids is 3. The number of rotatable bonds is 8. The first-order chi connectivity index (χ1) is 14.5. The van der Waals surface area contributed by atoms with Gasteiger partial charge in [-0.2, -0.15) is 0 Å². The molecule has 30 heavy (non-hydrogen) atoms. The number of benzene rings is 1. The van der Waals surface area contributed by atoms with Gasteiger partial charge < -0.3 is 34.5 Å². The third-order valence-electron chi connectivity index (χ3n) is 4.42. The number of carbonyl (C=O) groups is 3. The van der Waals surface area contributed by atoms with Crippen molar-refractivity contribution >= 4 is 29.2 Å². The highest BCUT2D eigenvalue weighted by Gasteiger charge is 2.34. The van der Waals surface area contributed by atoms with Crippen LogP contribution >= 0.6 is 0 Å². The van der Waals surface area contributed by atoms with E-state index in [1.807, 2.05) is 0 Å². The summed E-state index contributed by atoms with van der Waals surface area (Å²) in [5, 5.41) is 14.7. The van der Waals surface area contributed by atoms with E-state index in [1.165, 1.54) is 31.4 Å². The summed E-state index contributed by atoms with van der Waals surface area (Å²) < 4.78 is 15.2. The van der Waals surface area contributed by atoms with Crippen LogP contribution in [0.3, 0.4) is 0 Å². The van der Waals surface area contributed by atoms with Gasteiger partial charge in [-0.15, -0.1) is 0 Å². The molecular formula is C20H21N3O7. The van der Waals surface area contributed by atoms with Crippen molar-refractivity contribution in [1.82, 2.24) is 4.90 Å². The van der Waals surface area contributed by atoms with Crippen LogP contribution in [0.1, 0.15) is 10.6 Å². The van der Waals surface area contributed by atoms with Crippen LogP contribution in [0.5, 0.6) is 5.75 Å². The maximum Gasteiger partial charge on any atom is 0.337 e. The first-order valence-corrected chi connectivity index (χ1v) is 9.00. The number of esters is 1. The standard InChI is InChI=1S/C20H21N3O7/c1-28-16-10-12(5-6-14(16)22-18(25)15-4-3-9-30-15)21-17-13(20(27)29-2)11-23(7-8-24)19(17)26/h3-6,9-10,21,24H,7-8,11H2,1-2H3,(H,22,25). The van der Waals surface area contributed by atoms with E-state index in [2.05, 4.69) is 10.6 Å². The fourth-order valence-corrected chi connectivity index (χ4v) is 2.96. The Hall–Kier alpha value is -3.79. The molecule has 1 aromatic carbocycles. The van der Waals surface area contributed by atoms with Crippen molar-refractivity contribution in [2.24, 2.45) is 0 Å². The molecule has 0 radical (unpaired) electrons. The van der Waals surface area contributed by atoms with Gasteiger partial charge in [-0.25, -0.2) is 4.79 Å². The van der Waals surface area contributed by atoms with E-state index in [1.54, 1.807) is 24.3 Å². The first-order valence-electron chi connectivity index (χ1n) is 9.00. The zero-order valence-corrected chi connectivity index (χ0v) is 16.4. The Morgan fingerprint density at radius 1 is 1.27 bits per heavy atom. The summed E-state index contributed by atoms with van der Waals surface area (Å²) in [5.74, 6) is -1.04. The molecule has 0 spiro atoms. The lowest BCUT2D eigenvalue weighted by atomic mass is 10.2. The molecule has 1 aliphatic rings. The normalized spacial score (nSPS) is 13.4. The largest absolute Gasteiger partial charge is 0.494 e. The summed E-state index contributed by atoms with van der Waals surface area (Å²) in [6.07, 6.45) is 1.39. The molecule has 0 saturated carbocycles. The van der Waals surface area contributed by atoms with E-state index in [4.69, 9.17) is 19.0 Å². The zero-order chi connectivity index (χ0) is 21.7. The number of methoxy groups -OCH3 is 2. The van der Waals surface area contributed by atoms with Crippen molar-refractivity contribution in [3.8, 4) is 5.75 Å². The molecule has 1 aliphatic heterocycles. The van der Waals surface area contributed by atoms with Crippen LogP contribution in [0, 0.1) is 0 Å². The quantitative estimate of drug-likeness (QED) is 0.549. The molecule has 3 N–H and O–H groups in total. The van der Waals surface area contributed by atoms with Gasteiger partial charge in [0.2, 0.25) is 0 Å². The highest BCUT2D eigenvalue weighted by Crippen LogP contribution is 2.30. The van der Waals surface area contributed by atoms with E-state index >= 15 is 0 Å². The second-order valence-corrected chi connectivity index (χ2v) is 6.27. The van der Waals surface area contributed by atoms with Gasteiger partial charge >= 0.3 is 5.97 Å². The molecule has 3 rings (SSSR count). The topological polar surface area (TPSA) is 130 Å². The number of aliphatic hydroxyl groups excluding tert-OH is 1. The summed E-state index contributed by atoms with van der Waals surface area (Å²) in [6.45, 7) is -0.111. The monoisotopic (exact) mass is 415 g/mol. The average Bonchev–Trinajstić information content (AvgIpc) is 3.39. The van der Waals surface area contributed by atoms with Crippen LogP contribution in [0.4, 0.5) is 11.4 Å². The first kappa shape index (κ1) is 20.9. The van der Waals surface area contributed by atoms with Gasteiger partial charge in [-0.05, 0) is 24.3 Å². The molecular weight excluding hydrogens is 394 g/mol. The Labute approximate surface area is 172 Å². The average molecular weight is 415 g/mol. The smallest absolute Gasteiger partial charge is 0.337 e. The zero-order valence-electron chi connectivity index (χ0n) is 16.4. The van der Waals surface area contributed by atoms with E-state index < -0.39 is 17.8 Å². The molecule has 0 atom stereocenters. The maximum absolute atomic E-state index is 12.6. The Bertz CT molecular complexity index is 982. The van der Waals surface area contributed by atoms with E-state index in [9.17, 15) is 14.4 Å². The summed E-state index contributed by atoms with van der Waals surface area (Å²) in [5.41, 5.74) is 1.07. The number of β-amino-alcohol motifs (C(OH)–C–C–N with tert-alkyl or cyclic N) is 1. The molecule has 158 valence electrons. The van der Waals surface area contributed by atoms with Crippen molar-refractivity contribution < 1.29 is 33.4 Å². The minimum Gasteiger partial charge on any atom is -0.494 e. The predicted octanol–water partition coefficient (Wildman–Crippen LogP) is 1.21. The molecule has 2 heterocycles. The third-order valence-corrected chi connectivity index (χ3v) is 4.42. The number of furan rings is 1. The van der Waals surface area contributed by atoms with Gasteiger partial charge in [0.15, 0.2) is 5.76 Å². The summed E-state index contributed by atoms with van der Waals surface area (Å²) in [4.78, 5) is 38.2. The number of nitrogens with zero attached hydrogens (tertiary/aromatic N) is 1. The van der Waals surface area contributed by atoms with Gasteiger partial charge in [-0.3, -0.25) is 9.59 Å². The van der Waals surface area contributed by atoms with Gasteiger partial charge in [0.25, 0.3) is 11.8 Å². The Balaban J connectivity index is 1.84. The van der Waals surface area contributed by atoms with Gasteiger partial charge in [0.05, 0.1) is 44.9 Å². The number of aliphatic hydroxyl groups is 1. The van der Waals surface area contributed by atoms with Crippen molar-refractivity contribution in [2.75, 3.05) is 44.5 Å². The van der Waals surface area contributed by atoms with Crippen molar-refractivity contribution in [2.45, 2.75) is 0 Å². The number of amides is 2. The molecule has 10 heteroatoms. The second kappa shape index (κ2) is 9.14. The fourth-order valence-electron chi connectivity index (χ4n) is 2.96. The maximum atomic E-state index is 12.6. The van der Waals surface area contributed by atoms with Crippen molar-refractivity contribution in [1.29, 1.82) is 0 Å². The molecule has 2 amide bonds. The van der Waals surface area contributed by atoms with E-state index in [0.29, 0.717) is 17.1 Å². The minimum atomic E-state index is -0.638. The third kappa shape index (κ3) is 4.28. The van der Waals surface area contributed by atoms with E-state index in [-0.39, 0.29) is 36.7 Å². The molecule has 0 bridgehead atoms. The number of ether oxygens (including phenoxy) is 2. The predicted molar refractivity (Wildman–Crippen MR) is 106 cm³/mol. The highest BCUT2D eigenvalue weighted by atomic mass is 16.5. The molecule has 10 nitrogen and oxygen atoms in total. The number of anilines is 2. The number of hydrogen-bond donors (Lipinski definition) is 3. The number of hydrogen-bond acceptors (Lipinski definition) is 8. The highest BCUT2D eigenvalue weighted by molar-refractivity contribution is 6.08. The summed E-state index contributed by atoms with van der Waals surface area (Å²) in [6, 6.07) is 7.91. The van der Waals surface area contributed by atoms with Gasteiger partial charge in [-0.1, -0.05) is 0 Å². The van der Waals surface area contributed by atoms with Crippen molar-refractivity contribution in [3.05, 3.63) is 53.6 Å². The molecule has 2 aromatic rings. The lowest BCUT2D eigenvalue weighted by Gasteiger charge is -2.16. The molecule has 0 saturated heterocycles. The van der Waals surface area contributed by atoms with Crippen LogP contribution in [-0.4, -0.2) is 61.7 Å². The summed E-state index contributed by atoms with van der Waals surface area (Å²) >= 11 is 0. The SMILES string of the molecule is COC(=O)C1=C(Nc2ccc(NC(=O)c3ccco3)c(OC)c2)C(=O)N(CCO)C1. The molecule has 0 aliphatic carbocycles.